The standard InChI is InChI=1S/C19H16/c1-3-14(4-2)18-11-7-10-17-12-15-8-5-6-9-16(15)13-19(17)18/h3-14H,1-2H2. The minimum atomic E-state index is 0.199. The lowest BCUT2D eigenvalue weighted by Crippen LogP contribution is -1.92. The van der Waals surface area contributed by atoms with Crippen molar-refractivity contribution < 1.29 is 0 Å². The Balaban J connectivity index is 2.37. The number of rotatable bonds is 3. The van der Waals surface area contributed by atoms with Gasteiger partial charge in [-0.1, -0.05) is 54.6 Å². The topological polar surface area (TPSA) is 0 Å². The predicted octanol–water partition coefficient (Wildman–Crippen LogP) is 5.45. The maximum Gasteiger partial charge on any atom is 0.0199 e. The second-order valence-corrected chi connectivity index (χ2v) is 4.76. The number of fused-ring (bicyclic) bond motifs is 2. The van der Waals surface area contributed by atoms with Crippen molar-refractivity contribution in [3.05, 3.63) is 85.5 Å². The first kappa shape index (κ1) is 11.7. The zero-order valence-corrected chi connectivity index (χ0v) is 10.8. The Hall–Kier alpha value is -2.34. The molecular weight excluding hydrogens is 228 g/mol. The number of benzene rings is 3. The van der Waals surface area contributed by atoms with E-state index in [2.05, 4.69) is 67.8 Å². The summed E-state index contributed by atoms with van der Waals surface area (Å²) >= 11 is 0. The lowest BCUT2D eigenvalue weighted by atomic mass is 9.92. The maximum atomic E-state index is 3.91. The van der Waals surface area contributed by atoms with Crippen LogP contribution in [0.5, 0.6) is 0 Å². The van der Waals surface area contributed by atoms with Gasteiger partial charge in [-0.2, -0.15) is 0 Å². The Morgan fingerprint density at radius 3 is 2.05 bits per heavy atom. The lowest BCUT2D eigenvalue weighted by molar-refractivity contribution is 1.11. The Kier molecular flexibility index (Phi) is 2.92. The van der Waals surface area contributed by atoms with Crippen molar-refractivity contribution in [1.82, 2.24) is 0 Å². The molecule has 0 unspecified atom stereocenters. The summed E-state index contributed by atoms with van der Waals surface area (Å²) in [4.78, 5) is 0. The van der Waals surface area contributed by atoms with E-state index in [9.17, 15) is 0 Å². The first-order valence-corrected chi connectivity index (χ1v) is 6.50. The lowest BCUT2D eigenvalue weighted by Gasteiger charge is -2.12. The van der Waals surface area contributed by atoms with E-state index in [0.717, 1.165) is 0 Å². The van der Waals surface area contributed by atoms with Crippen molar-refractivity contribution in [3.8, 4) is 0 Å². The van der Waals surface area contributed by atoms with E-state index in [4.69, 9.17) is 0 Å². The van der Waals surface area contributed by atoms with E-state index >= 15 is 0 Å². The Bertz CT molecular complexity index is 757. The smallest absolute Gasteiger partial charge is 0.0199 e. The maximum absolute atomic E-state index is 3.91. The van der Waals surface area contributed by atoms with Crippen LogP contribution in [-0.2, 0) is 0 Å². The van der Waals surface area contributed by atoms with Crippen LogP contribution in [0.15, 0.2) is 79.9 Å². The second kappa shape index (κ2) is 4.74. The Morgan fingerprint density at radius 2 is 1.37 bits per heavy atom. The summed E-state index contributed by atoms with van der Waals surface area (Å²) in [7, 11) is 0. The van der Waals surface area contributed by atoms with Crippen LogP contribution in [-0.4, -0.2) is 0 Å². The molecule has 0 bridgehead atoms. The van der Waals surface area contributed by atoms with Gasteiger partial charge >= 0.3 is 0 Å². The van der Waals surface area contributed by atoms with Crippen molar-refractivity contribution >= 4 is 21.5 Å². The second-order valence-electron chi connectivity index (χ2n) is 4.76. The van der Waals surface area contributed by atoms with Crippen molar-refractivity contribution in [2.75, 3.05) is 0 Å². The van der Waals surface area contributed by atoms with Gasteiger partial charge in [-0.15, -0.1) is 13.2 Å². The molecule has 0 spiro atoms. The predicted molar refractivity (Wildman–Crippen MR) is 84.6 cm³/mol. The van der Waals surface area contributed by atoms with Crippen molar-refractivity contribution in [2.24, 2.45) is 0 Å². The van der Waals surface area contributed by atoms with Crippen LogP contribution < -0.4 is 0 Å². The normalized spacial score (nSPS) is 11.0. The third-order valence-electron chi connectivity index (χ3n) is 3.65. The van der Waals surface area contributed by atoms with E-state index in [1.165, 1.54) is 27.1 Å². The van der Waals surface area contributed by atoms with E-state index in [1.54, 1.807) is 0 Å². The molecule has 3 aromatic rings. The van der Waals surface area contributed by atoms with Gasteiger partial charge in [0, 0.05) is 5.92 Å². The molecule has 0 atom stereocenters. The van der Waals surface area contributed by atoms with Gasteiger partial charge in [0.25, 0.3) is 0 Å². The van der Waals surface area contributed by atoms with Crippen LogP contribution in [0.4, 0.5) is 0 Å². The molecule has 0 saturated carbocycles. The highest BCUT2D eigenvalue weighted by Gasteiger charge is 2.08. The summed E-state index contributed by atoms with van der Waals surface area (Å²) in [5.41, 5.74) is 1.27. The van der Waals surface area contributed by atoms with Gasteiger partial charge in [-0.25, -0.2) is 0 Å². The largest absolute Gasteiger partial charge is 0.102 e. The summed E-state index contributed by atoms with van der Waals surface area (Å²) < 4.78 is 0. The molecular formula is C19H16. The van der Waals surface area contributed by atoms with Gasteiger partial charge in [0.15, 0.2) is 0 Å². The summed E-state index contributed by atoms with van der Waals surface area (Å²) in [6.07, 6.45) is 3.88. The molecule has 19 heavy (non-hydrogen) atoms. The third-order valence-corrected chi connectivity index (χ3v) is 3.65. The van der Waals surface area contributed by atoms with Gasteiger partial charge < -0.3 is 0 Å². The van der Waals surface area contributed by atoms with Gasteiger partial charge in [0.05, 0.1) is 0 Å². The summed E-state index contributed by atoms with van der Waals surface area (Å²) in [6, 6.07) is 19.4. The van der Waals surface area contributed by atoms with E-state index < -0.39 is 0 Å². The molecule has 3 rings (SSSR count). The molecule has 0 fully saturated rings. The molecule has 0 aliphatic rings. The van der Waals surface area contributed by atoms with Crippen molar-refractivity contribution in [1.29, 1.82) is 0 Å². The van der Waals surface area contributed by atoms with Gasteiger partial charge in [-0.3, -0.25) is 0 Å². The molecule has 0 nitrogen and oxygen atoms in total. The van der Waals surface area contributed by atoms with Crippen LogP contribution >= 0.6 is 0 Å². The van der Waals surface area contributed by atoms with E-state index in [0.29, 0.717) is 0 Å². The molecule has 3 aromatic carbocycles. The zero-order chi connectivity index (χ0) is 13.2. The SMILES string of the molecule is C=CC(C=C)c1cccc2cc3ccccc3cc12. The minimum absolute atomic E-state index is 0.199. The fraction of sp³-hybridized carbons (Fsp3) is 0.0526. The summed E-state index contributed by atoms with van der Waals surface area (Å²) in [6.45, 7) is 7.81. The van der Waals surface area contributed by atoms with E-state index in [1.807, 2.05) is 12.2 Å². The molecule has 0 aliphatic carbocycles. The summed E-state index contributed by atoms with van der Waals surface area (Å²) in [5, 5.41) is 5.10. The highest BCUT2D eigenvalue weighted by Crippen LogP contribution is 2.30. The molecule has 0 aromatic heterocycles. The highest BCUT2D eigenvalue weighted by molar-refractivity contribution is 5.99. The molecule has 0 aliphatic heterocycles. The highest BCUT2D eigenvalue weighted by atomic mass is 14.1. The fourth-order valence-corrected chi connectivity index (χ4v) is 2.63. The van der Waals surface area contributed by atoms with Gasteiger partial charge in [-0.05, 0) is 39.2 Å². The third kappa shape index (κ3) is 1.96. The number of hydrogen-bond donors (Lipinski definition) is 0. The van der Waals surface area contributed by atoms with Crippen LogP contribution in [0, 0.1) is 0 Å². The van der Waals surface area contributed by atoms with Crippen LogP contribution in [0.25, 0.3) is 21.5 Å². The Labute approximate surface area is 113 Å². The summed E-state index contributed by atoms with van der Waals surface area (Å²) in [5.74, 6) is 0.199. The molecule has 0 amide bonds. The fourth-order valence-electron chi connectivity index (χ4n) is 2.63. The first-order chi connectivity index (χ1) is 9.33. The Morgan fingerprint density at radius 1 is 0.737 bits per heavy atom. The molecule has 0 heterocycles. The first-order valence-electron chi connectivity index (χ1n) is 6.50. The number of hydrogen-bond acceptors (Lipinski definition) is 0. The van der Waals surface area contributed by atoms with Crippen LogP contribution in [0.2, 0.25) is 0 Å². The average Bonchev–Trinajstić information content (AvgIpc) is 2.46. The zero-order valence-electron chi connectivity index (χ0n) is 10.8. The molecule has 92 valence electrons. The van der Waals surface area contributed by atoms with Gasteiger partial charge in [0.2, 0.25) is 0 Å². The van der Waals surface area contributed by atoms with Crippen molar-refractivity contribution in [2.45, 2.75) is 5.92 Å². The molecule has 0 heteroatoms. The minimum Gasteiger partial charge on any atom is -0.102 e. The van der Waals surface area contributed by atoms with Crippen molar-refractivity contribution in [3.63, 3.8) is 0 Å². The quantitative estimate of drug-likeness (QED) is 0.424. The van der Waals surface area contributed by atoms with Crippen LogP contribution in [0.3, 0.4) is 0 Å². The monoisotopic (exact) mass is 244 g/mol. The van der Waals surface area contributed by atoms with Crippen LogP contribution in [0.1, 0.15) is 11.5 Å². The average molecular weight is 244 g/mol. The molecule has 0 N–H and O–H groups in total. The van der Waals surface area contributed by atoms with E-state index in [-0.39, 0.29) is 5.92 Å². The molecule has 0 saturated heterocycles. The molecule has 0 radical (unpaired) electrons. The van der Waals surface area contributed by atoms with Gasteiger partial charge in [0.1, 0.15) is 0 Å². The number of allylic oxidation sites excluding steroid dienone is 2.